The maximum absolute atomic E-state index is 13.3. The predicted octanol–water partition coefficient (Wildman–Crippen LogP) is 3.07. The molecule has 2 aliphatic heterocycles. The van der Waals surface area contributed by atoms with Gasteiger partial charge in [0.2, 0.25) is 12.2 Å². The number of fused-ring (bicyclic) bond motifs is 2. The molecule has 1 unspecified atom stereocenters. The molecule has 2 aromatic heterocycles. The van der Waals surface area contributed by atoms with Crippen LogP contribution in [-0.2, 0) is 19.1 Å². The first-order chi connectivity index (χ1) is 16.8. The molecule has 2 aliphatic rings. The number of hydrogen-bond donors (Lipinski definition) is 1. The molecule has 4 heterocycles. The fourth-order valence-electron chi connectivity index (χ4n) is 4.72. The number of ether oxygens (including phenoxy) is 3. The second-order valence-electron chi connectivity index (χ2n) is 8.51. The van der Waals surface area contributed by atoms with Crippen molar-refractivity contribution < 1.29 is 33.7 Å². The van der Waals surface area contributed by atoms with E-state index in [4.69, 9.17) is 14.2 Å². The first kappa shape index (κ1) is 23.1. The van der Waals surface area contributed by atoms with Gasteiger partial charge in [0.15, 0.2) is 0 Å². The molecule has 0 spiro atoms. The van der Waals surface area contributed by atoms with E-state index in [1.807, 2.05) is 17.5 Å². The standard InChI is InChI=1S/C24H23N3O7S/c1-12-18(16-10-26-11-25-9-17(26)35-16)21(27-20(12)19(13(2)28)22(27)29)23(30)32-14(3)33-24(31)34-15-7-5-4-6-8-15/h4-14,19-20,28H,1-3H3/t12-,13+,14?,19+,20+/m0/s1. The maximum Gasteiger partial charge on any atom is 0.516 e. The lowest BCUT2D eigenvalue weighted by molar-refractivity contribution is -0.172. The largest absolute Gasteiger partial charge is 0.516 e. The van der Waals surface area contributed by atoms with Crippen molar-refractivity contribution in [3.05, 3.63) is 59.6 Å². The molecule has 0 aliphatic carbocycles. The minimum atomic E-state index is -1.27. The molecule has 5 rings (SSSR count). The second-order valence-corrected chi connectivity index (χ2v) is 9.57. The summed E-state index contributed by atoms with van der Waals surface area (Å²) in [5, 5.41) is 10.2. The van der Waals surface area contributed by atoms with Gasteiger partial charge in [0.05, 0.1) is 35.5 Å². The number of para-hydroxylation sites is 1. The molecular formula is C24H23N3O7S. The number of benzene rings is 1. The monoisotopic (exact) mass is 497 g/mol. The lowest BCUT2D eigenvalue weighted by Crippen LogP contribution is -2.63. The summed E-state index contributed by atoms with van der Waals surface area (Å²) in [7, 11) is 0. The number of rotatable bonds is 6. The number of thiazole rings is 1. The van der Waals surface area contributed by atoms with E-state index in [-0.39, 0.29) is 29.3 Å². The number of aromatic nitrogens is 2. The number of aliphatic hydroxyl groups is 1. The summed E-state index contributed by atoms with van der Waals surface area (Å²) in [6.45, 7) is 4.87. The van der Waals surface area contributed by atoms with Gasteiger partial charge in [-0.1, -0.05) is 25.1 Å². The molecule has 0 saturated carbocycles. The second kappa shape index (κ2) is 8.82. The van der Waals surface area contributed by atoms with Crippen LogP contribution < -0.4 is 4.74 Å². The Bertz CT molecular complexity index is 1300. The molecule has 3 aromatic rings. The van der Waals surface area contributed by atoms with Gasteiger partial charge in [-0.25, -0.2) is 14.6 Å². The summed E-state index contributed by atoms with van der Waals surface area (Å²) in [4.78, 5) is 45.5. The van der Waals surface area contributed by atoms with Crippen LogP contribution in [-0.4, -0.2) is 55.9 Å². The lowest BCUT2D eigenvalue weighted by atomic mass is 9.77. The number of imidazole rings is 1. The maximum atomic E-state index is 13.3. The molecule has 1 amide bonds. The topological polar surface area (TPSA) is 120 Å². The zero-order valence-electron chi connectivity index (χ0n) is 19.2. The fourth-order valence-corrected chi connectivity index (χ4v) is 5.82. The van der Waals surface area contributed by atoms with Crippen molar-refractivity contribution >= 4 is 39.8 Å². The van der Waals surface area contributed by atoms with Crippen LogP contribution in [0, 0.1) is 11.8 Å². The van der Waals surface area contributed by atoms with Gasteiger partial charge in [-0.05, 0) is 19.1 Å². The Hall–Kier alpha value is -3.70. The van der Waals surface area contributed by atoms with E-state index in [1.54, 1.807) is 49.8 Å². The summed E-state index contributed by atoms with van der Waals surface area (Å²) in [6.07, 6.45) is 2.05. The number of esters is 1. The molecule has 182 valence electrons. The number of carbonyl (C=O) groups is 3. The molecule has 35 heavy (non-hydrogen) atoms. The van der Waals surface area contributed by atoms with Crippen LogP contribution in [0.2, 0.25) is 0 Å². The van der Waals surface area contributed by atoms with Gasteiger partial charge in [0.1, 0.15) is 16.3 Å². The van der Waals surface area contributed by atoms with Crippen molar-refractivity contribution in [1.82, 2.24) is 14.3 Å². The minimum Gasteiger partial charge on any atom is -0.421 e. The van der Waals surface area contributed by atoms with Crippen molar-refractivity contribution in [1.29, 1.82) is 0 Å². The van der Waals surface area contributed by atoms with Crippen molar-refractivity contribution in [2.75, 3.05) is 0 Å². The number of hydrogen-bond acceptors (Lipinski definition) is 9. The van der Waals surface area contributed by atoms with E-state index in [1.165, 1.54) is 23.2 Å². The van der Waals surface area contributed by atoms with Gasteiger partial charge in [-0.15, -0.1) is 11.3 Å². The average Bonchev–Trinajstić information content (AvgIpc) is 3.45. The fraction of sp³-hybridized carbons (Fsp3) is 0.333. The molecule has 11 heteroatoms. The van der Waals surface area contributed by atoms with E-state index in [2.05, 4.69) is 4.98 Å². The molecule has 1 saturated heterocycles. The highest BCUT2D eigenvalue weighted by molar-refractivity contribution is 7.18. The van der Waals surface area contributed by atoms with Crippen molar-refractivity contribution in [2.45, 2.75) is 39.2 Å². The highest BCUT2D eigenvalue weighted by atomic mass is 32.1. The summed E-state index contributed by atoms with van der Waals surface area (Å²) >= 11 is 1.43. The molecule has 1 fully saturated rings. The highest BCUT2D eigenvalue weighted by Gasteiger charge is 2.60. The Labute approximate surface area is 204 Å². The molecule has 0 bridgehead atoms. The average molecular weight is 498 g/mol. The lowest BCUT2D eigenvalue weighted by Gasteiger charge is -2.46. The van der Waals surface area contributed by atoms with Gasteiger partial charge in [0.25, 0.3) is 0 Å². The zero-order valence-corrected chi connectivity index (χ0v) is 20.0. The normalized spacial score (nSPS) is 23.0. The SMILES string of the molecule is CC(OC(=O)Oc1ccccc1)OC(=O)C1=C(c2cn3cncc3s2)[C@H](C)[C@@H]2[C@@H]([C@@H](C)O)C(=O)N12. The number of β-lactam (4-membered cyclic amide) rings is 1. The van der Waals surface area contributed by atoms with Crippen LogP contribution in [0.5, 0.6) is 5.75 Å². The van der Waals surface area contributed by atoms with Crippen LogP contribution in [0.4, 0.5) is 4.79 Å². The van der Waals surface area contributed by atoms with E-state index in [9.17, 15) is 19.5 Å². The molecular weight excluding hydrogens is 474 g/mol. The third-order valence-electron chi connectivity index (χ3n) is 6.21. The van der Waals surface area contributed by atoms with Crippen LogP contribution in [0.15, 0.2) is 54.7 Å². The van der Waals surface area contributed by atoms with Crippen LogP contribution in [0.3, 0.4) is 0 Å². The Morgan fingerprint density at radius 1 is 1.17 bits per heavy atom. The Kier molecular flexibility index (Phi) is 5.81. The number of carbonyl (C=O) groups excluding carboxylic acids is 3. The predicted molar refractivity (Wildman–Crippen MR) is 124 cm³/mol. The smallest absolute Gasteiger partial charge is 0.421 e. The van der Waals surface area contributed by atoms with Gasteiger partial charge >= 0.3 is 12.1 Å². The Balaban J connectivity index is 1.39. The summed E-state index contributed by atoms with van der Waals surface area (Å²) < 4.78 is 17.4. The molecule has 0 radical (unpaired) electrons. The quantitative estimate of drug-likeness (QED) is 0.239. The summed E-state index contributed by atoms with van der Waals surface area (Å²) in [6, 6.07) is 7.96. The van der Waals surface area contributed by atoms with Gasteiger partial charge < -0.3 is 24.2 Å². The van der Waals surface area contributed by atoms with Gasteiger partial charge in [0, 0.05) is 24.6 Å². The molecule has 1 aromatic carbocycles. The number of aliphatic hydroxyl groups excluding tert-OH is 1. The molecule has 5 atom stereocenters. The van der Waals surface area contributed by atoms with Gasteiger partial charge in [-0.2, -0.15) is 0 Å². The number of amides is 1. The highest BCUT2D eigenvalue weighted by Crippen LogP contribution is 2.51. The third-order valence-corrected chi connectivity index (χ3v) is 7.28. The Morgan fingerprint density at radius 2 is 1.91 bits per heavy atom. The first-order valence-electron chi connectivity index (χ1n) is 11.1. The van der Waals surface area contributed by atoms with Gasteiger partial charge in [-0.3, -0.25) is 9.20 Å². The van der Waals surface area contributed by atoms with Crippen LogP contribution in [0.25, 0.3) is 10.4 Å². The Morgan fingerprint density at radius 3 is 2.60 bits per heavy atom. The first-order valence-corrected chi connectivity index (χ1v) is 11.9. The van der Waals surface area contributed by atoms with Crippen LogP contribution >= 0.6 is 11.3 Å². The van der Waals surface area contributed by atoms with E-state index >= 15 is 0 Å². The third kappa shape index (κ3) is 3.96. The minimum absolute atomic E-state index is 0.0914. The van der Waals surface area contributed by atoms with Crippen molar-refractivity contribution in [3.8, 4) is 5.75 Å². The number of nitrogens with zero attached hydrogens (tertiary/aromatic N) is 3. The zero-order chi connectivity index (χ0) is 24.9. The van der Waals surface area contributed by atoms with Crippen molar-refractivity contribution in [3.63, 3.8) is 0 Å². The van der Waals surface area contributed by atoms with E-state index < -0.39 is 30.4 Å². The molecule has 10 nitrogen and oxygen atoms in total. The summed E-state index contributed by atoms with van der Waals surface area (Å²) in [5.41, 5.74) is 0.734. The summed E-state index contributed by atoms with van der Waals surface area (Å²) in [5.74, 6) is -1.71. The van der Waals surface area contributed by atoms with E-state index in [0.717, 1.165) is 9.71 Å². The van der Waals surface area contributed by atoms with E-state index in [0.29, 0.717) is 5.57 Å². The van der Waals surface area contributed by atoms with Crippen LogP contribution in [0.1, 0.15) is 25.6 Å². The molecule has 1 N–H and O–H groups in total. The van der Waals surface area contributed by atoms with Crippen molar-refractivity contribution in [2.24, 2.45) is 11.8 Å².